The highest BCUT2D eigenvalue weighted by atomic mass is 19.4. The lowest BCUT2D eigenvalue weighted by molar-refractivity contribution is -0.385. The van der Waals surface area contributed by atoms with Gasteiger partial charge in [-0.05, 0) is 19.9 Å². The van der Waals surface area contributed by atoms with Gasteiger partial charge in [0, 0.05) is 29.3 Å². The molecular weight excluding hydrogens is 319 g/mol. The van der Waals surface area contributed by atoms with Gasteiger partial charge >= 0.3 is 6.18 Å². The van der Waals surface area contributed by atoms with Crippen LogP contribution in [-0.4, -0.2) is 38.6 Å². The lowest BCUT2D eigenvalue weighted by atomic mass is 10.1. The van der Waals surface area contributed by atoms with Crippen LogP contribution in [0, 0.1) is 17.0 Å². The highest BCUT2D eigenvalue weighted by molar-refractivity contribution is 5.98. The average Bonchev–Trinajstić information content (AvgIpc) is 2.74. The van der Waals surface area contributed by atoms with E-state index >= 15 is 0 Å². The molecule has 1 heterocycles. The summed E-state index contributed by atoms with van der Waals surface area (Å²) < 4.78 is 39.3. The maximum Gasteiger partial charge on any atom is 0.438 e. The van der Waals surface area contributed by atoms with Crippen molar-refractivity contribution in [2.45, 2.75) is 32.2 Å². The Kier molecular flexibility index (Phi) is 3.89. The molecule has 1 aliphatic rings. The van der Waals surface area contributed by atoms with E-state index in [9.17, 15) is 33.2 Å². The van der Waals surface area contributed by atoms with Crippen LogP contribution in [0.25, 0.3) is 0 Å². The molecule has 0 saturated carbocycles. The van der Waals surface area contributed by atoms with Crippen molar-refractivity contribution in [2.24, 2.45) is 5.10 Å². The van der Waals surface area contributed by atoms with Crippen LogP contribution in [0.1, 0.15) is 29.3 Å². The van der Waals surface area contributed by atoms with Crippen molar-refractivity contribution < 1.29 is 28.0 Å². The number of carbonyl (C=O) groups excluding carboxylic acids is 1. The number of halogens is 3. The van der Waals surface area contributed by atoms with E-state index in [1.165, 1.54) is 19.9 Å². The van der Waals surface area contributed by atoms with Gasteiger partial charge in [0.05, 0.1) is 4.92 Å². The number of aliphatic hydroxyl groups is 1. The molecule has 1 N–H and O–H groups in total. The van der Waals surface area contributed by atoms with Gasteiger partial charge in [-0.1, -0.05) is 6.07 Å². The minimum Gasteiger partial charge on any atom is -0.362 e. The third-order valence-electron chi connectivity index (χ3n) is 3.42. The number of nitro groups is 1. The Balaban J connectivity index is 2.47. The van der Waals surface area contributed by atoms with Crippen molar-refractivity contribution >= 4 is 17.3 Å². The molecule has 1 aromatic rings. The summed E-state index contributed by atoms with van der Waals surface area (Å²) in [6.45, 7) is 2.66. The van der Waals surface area contributed by atoms with Crippen molar-refractivity contribution in [1.29, 1.82) is 0 Å². The Morgan fingerprint density at radius 1 is 1.43 bits per heavy atom. The maximum atomic E-state index is 13.1. The Bertz CT molecular complexity index is 717. The summed E-state index contributed by atoms with van der Waals surface area (Å²) in [5.74, 6) is -1.27. The summed E-state index contributed by atoms with van der Waals surface area (Å²) in [4.78, 5) is 22.4. The molecular formula is C13H12F3N3O4. The Morgan fingerprint density at radius 3 is 2.57 bits per heavy atom. The Hall–Kier alpha value is -2.49. The summed E-state index contributed by atoms with van der Waals surface area (Å²) in [5, 5.41) is 24.1. The standard InChI is InChI=1S/C13H12F3N3O4/c1-7-3-4-9(5-10(7)19(22)23)11(20)18-12(21,13(14,15)16)6-8(2)17-18/h3-5,21H,6H2,1-2H3/t12-/m1/s1. The molecule has 0 aromatic heterocycles. The molecule has 0 aliphatic carbocycles. The molecule has 0 spiro atoms. The number of rotatable bonds is 2. The van der Waals surface area contributed by atoms with Crippen molar-refractivity contribution in [3.63, 3.8) is 0 Å². The van der Waals surface area contributed by atoms with Gasteiger partial charge in [0.15, 0.2) is 0 Å². The molecule has 0 radical (unpaired) electrons. The number of aryl methyl sites for hydroxylation is 1. The summed E-state index contributed by atoms with van der Waals surface area (Å²) in [5.41, 5.74) is -4.08. The minimum absolute atomic E-state index is 0.0727. The number of hydrogen-bond acceptors (Lipinski definition) is 5. The van der Waals surface area contributed by atoms with E-state index in [1.54, 1.807) is 0 Å². The molecule has 7 nitrogen and oxygen atoms in total. The molecule has 124 valence electrons. The quantitative estimate of drug-likeness (QED) is 0.665. The third-order valence-corrected chi connectivity index (χ3v) is 3.42. The predicted octanol–water partition coefficient (Wildman–Crippen LogP) is 2.38. The molecule has 2 rings (SSSR count). The number of alkyl halides is 3. The third kappa shape index (κ3) is 2.77. The zero-order valence-electron chi connectivity index (χ0n) is 12.1. The zero-order valence-corrected chi connectivity index (χ0v) is 12.1. The van der Waals surface area contributed by atoms with Crippen molar-refractivity contribution in [2.75, 3.05) is 0 Å². The molecule has 0 fully saturated rings. The zero-order chi connectivity index (χ0) is 17.6. The van der Waals surface area contributed by atoms with Crippen LogP contribution in [0.2, 0.25) is 0 Å². The molecule has 0 saturated heterocycles. The van der Waals surface area contributed by atoms with Gasteiger partial charge < -0.3 is 5.11 Å². The summed E-state index contributed by atoms with van der Waals surface area (Å²) in [6.07, 6.45) is -6.00. The van der Waals surface area contributed by atoms with Crippen molar-refractivity contribution in [1.82, 2.24) is 5.01 Å². The van der Waals surface area contributed by atoms with Crippen LogP contribution in [0.5, 0.6) is 0 Å². The number of nitrogens with zero attached hydrogens (tertiary/aromatic N) is 3. The van der Waals surface area contributed by atoms with Gasteiger partial charge in [-0.3, -0.25) is 14.9 Å². The summed E-state index contributed by atoms with van der Waals surface area (Å²) in [7, 11) is 0. The molecule has 0 bridgehead atoms. The van der Waals surface area contributed by atoms with Crippen LogP contribution >= 0.6 is 0 Å². The van der Waals surface area contributed by atoms with E-state index in [0.29, 0.717) is 0 Å². The SMILES string of the molecule is CC1=NN(C(=O)c2ccc(C)c([N+](=O)[O-])c2)[C@](O)(C(F)(F)F)C1. The average molecular weight is 331 g/mol. The molecule has 0 unspecified atom stereocenters. The second-order valence-corrected chi connectivity index (χ2v) is 5.20. The fourth-order valence-electron chi connectivity index (χ4n) is 2.22. The van der Waals surface area contributed by atoms with Crippen molar-refractivity contribution in [3.8, 4) is 0 Å². The molecule has 1 atom stereocenters. The second-order valence-electron chi connectivity index (χ2n) is 5.20. The van der Waals surface area contributed by atoms with Gasteiger partial charge in [-0.2, -0.15) is 23.3 Å². The molecule has 1 amide bonds. The van der Waals surface area contributed by atoms with E-state index < -0.39 is 34.8 Å². The van der Waals surface area contributed by atoms with Gasteiger partial charge in [0.25, 0.3) is 17.3 Å². The largest absolute Gasteiger partial charge is 0.438 e. The predicted molar refractivity (Wildman–Crippen MR) is 72.7 cm³/mol. The second kappa shape index (κ2) is 5.30. The van der Waals surface area contributed by atoms with E-state index in [4.69, 9.17) is 0 Å². The van der Waals surface area contributed by atoms with Crippen LogP contribution in [-0.2, 0) is 0 Å². The monoisotopic (exact) mass is 331 g/mol. The molecule has 1 aromatic carbocycles. The van der Waals surface area contributed by atoms with Gasteiger partial charge in [0.1, 0.15) is 0 Å². The van der Waals surface area contributed by atoms with E-state index in [0.717, 1.165) is 12.1 Å². The first kappa shape index (κ1) is 16.9. The first-order chi connectivity index (χ1) is 10.5. The smallest absolute Gasteiger partial charge is 0.362 e. The fourth-order valence-corrected chi connectivity index (χ4v) is 2.22. The molecule has 23 heavy (non-hydrogen) atoms. The van der Waals surface area contributed by atoms with Gasteiger partial charge in [-0.15, -0.1) is 0 Å². The van der Waals surface area contributed by atoms with E-state index in [1.807, 2.05) is 0 Å². The molecule has 10 heteroatoms. The topological polar surface area (TPSA) is 96.0 Å². The van der Waals surface area contributed by atoms with Gasteiger partial charge in [-0.25, -0.2) is 0 Å². The lowest BCUT2D eigenvalue weighted by Crippen LogP contribution is -2.56. The Labute approximate surface area is 128 Å². The first-order valence-electron chi connectivity index (χ1n) is 6.40. The van der Waals surface area contributed by atoms with E-state index in [2.05, 4.69) is 5.10 Å². The molecule has 1 aliphatic heterocycles. The number of benzene rings is 1. The lowest BCUT2D eigenvalue weighted by Gasteiger charge is -2.32. The number of amides is 1. The van der Waals surface area contributed by atoms with Gasteiger partial charge in [0.2, 0.25) is 0 Å². The Morgan fingerprint density at radius 2 is 2.04 bits per heavy atom. The number of hydrazone groups is 1. The highest BCUT2D eigenvalue weighted by Crippen LogP contribution is 2.41. The maximum absolute atomic E-state index is 13.1. The number of hydrogen-bond donors (Lipinski definition) is 1. The van der Waals surface area contributed by atoms with Crippen LogP contribution in [0.15, 0.2) is 23.3 Å². The van der Waals surface area contributed by atoms with Crippen molar-refractivity contribution in [3.05, 3.63) is 39.4 Å². The highest BCUT2D eigenvalue weighted by Gasteiger charge is 2.62. The summed E-state index contributed by atoms with van der Waals surface area (Å²) >= 11 is 0. The van der Waals surface area contributed by atoms with E-state index in [-0.39, 0.29) is 21.8 Å². The number of carbonyl (C=O) groups is 1. The van der Waals surface area contributed by atoms with Crippen LogP contribution in [0.4, 0.5) is 18.9 Å². The number of nitro benzene ring substituents is 1. The van der Waals surface area contributed by atoms with Crippen LogP contribution in [0.3, 0.4) is 0 Å². The van der Waals surface area contributed by atoms with Crippen LogP contribution < -0.4 is 0 Å². The summed E-state index contributed by atoms with van der Waals surface area (Å²) in [6, 6.07) is 3.24. The first-order valence-corrected chi connectivity index (χ1v) is 6.40. The normalized spacial score (nSPS) is 21.3. The fraction of sp³-hybridized carbons (Fsp3) is 0.385. The minimum atomic E-state index is -5.12.